The molecule has 0 spiro atoms. The maximum Gasteiger partial charge on any atom is 0.307 e. The third kappa shape index (κ3) is 2.61. The zero-order chi connectivity index (χ0) is 13.9. The van der Waals surface area contributed by atoms with Crippen LogP contribution in [0.4, 0.5) is 0 Å². The van der Waals surface area contributed by atoms with Gasteiger partial charge in [0.1, 0.15) is 0 Å². The molecular weight excluding hydrogens is 248 g/mol. The molecule has 0 amide bonds. The predicted molar refractivity (Wildman–Crippen MR) is 80.0 cm³/mol. The molecule has 2 fully saturated rings. The molecule has 2 saturated carbocycles. The number of hydrogen-bond donors (Lipinski definition) is 1. The van der Waals surface area contributed by atoms with E-state index in [0.29, 0.717) is 5.92 Å². The Bertz CT molecular complexity index is 476. The number of carboxylic acid groups (broad SMARTS) is 1. The van der Waals surface area contributed by atoms with Crippen LogP contribution < -0.4 is 0 Å². The van der Waals surface area contributed by atoms with Gasteiger partial charge in [0, 0.05) is 0 Å². The fourth-order valence-corrected chi connectivity index (χ4v) is 3.92. The van der Waals surface area contributed by atoms with Crippen LogP contribution in [-0.2, 0) is 4.79 Å². The molecule has 2 aliphatic rings. The van der Waals surface area contributed by atoms with Gasteiger partial charge < -0.3 is 5.11 Å². The third-order valence-electron chi connectivity index (χ3n) is 5.27. The Kier molecular flexibility index (Phi) is 4.09. The van der Waals surface area contributed by atoms with Crippen LogP contribution in [0.2, 0.25) is 0 Å². The van der Waals surface area contributed by atoms with Gasteiger partial charge in [0.2, 0.25) is 0 Å². The van der Waals surface area contributed by atoms with Crippen molar-refractivity contribution in [3.63, 3.8) is 0 Å². The largest absolute Gasteiger partial charge is 0.481 e. The fraction of sp³-hybridized carbons (Fsp3) is 0.611. The molecule has 1 N–H and O–H groups in total. The molecule has 2 heteroatoms. The average Bonchev–Trinajstić information content (AvgIpc) is 2.63. The highest BCUT2D eigenvalue weighted by Crippen LogP contribution is 2.44. The summed E-state index contributed by atoms with van der Waals surface area (Å²) >= 11 is 0. The summed E-state index contributed by atoms with van der Waals surface area (Å²) in [4.78, 5) is 11.7. The summed E-state index contributed by atoms with van der Waals surface area (Å²) in [5, 5.41) is 9.60. The van der Waals surface area contributed by atoms with Crippen LogP contribution in [0.25, 0.3) is 0 Å². The van der Waals surface area contributed by atoms with Gasteiger partial charge in [-0.1, -0.05) is 49.9 Å². The molecule has 0 saturated heterocycles. The van der Waals surface area contributed by atoms with Crippen molar-refractivity contribution < 1.29 is 9.90 Å². The van der Waals surface area contributed by atoms with E-state index in [1.54, 1.807) is 0 Å². The first-order chi connectivity index (χ1) is 9.77. The summed E-state index contributed by atoms with van der Waals surface area (Å²) in [6, 6.07) is 8.63. The average molecular weight is 272 g/mol. The van der Waals surface area contributed by atoms with E-state index in [1.165, 1.54) is 43.2 Å². The summed E-state index contributed by atoms with van der Waals surface area (Å²) in [6.45, 7) is 0. The third-order valence-corrected chi connectivity index (χ3v) is 5.27. The molecule has 2 aliphatic carbocycles. The van der Waals surface area contributed by atoms with Gasteiger partial charge in [-0.3, -0.25) is 4.79 Å². The van der Waals surface area contributed by atoms with Gasteiger partial charge in [-0.05, 0) is 48.6 Å². The second-order valence-electron chi connectivity index (χ2n) is 6.45. The molecule has 1 aromatic rings. The molecule has 2 nitrogen and oxygen atoms in total. The first-order valence-corrected chi connectivity index (χ1v) is 8.09. The molecular formula is C18H24O2. The lowest BCUT2D eigenvalue weighted by Crippen LogP contribution is -2.23. The lowest BCUT2D eigenvalue weighted by molar-refractivity contribution is -0.142. The normalized spacial score (nSPS) is 27.6. The quantitative estimate of drug-likeness (QED) is 0.810. The van der Waals surface area contributed by atoms with E-state index >= 15 is 0 Å². The van der Waals surface area contributed by atoms with Crippen molar-refractivity contribution in [2.45, 2.75) is 63.2 Å². The lowest BCUT2D eigenvalue weighted by Gasteiger charge is -2.32. The Morgan fingerprint density at radius 3 is 2.25 bits per heavy atom. The minimum atomic E-state index is -0.597. The molecule has 1 aromatic carbocycles. The molecule has 108 valence electrons. The molecule has 2 unspecified atom stereocenters. The van der Waals surface area contributed by atoms with E-state index < -0.39 is 5.97 Å². The predicted octanol–water partition coefficient (Wildman–Crippen LogP) is 4.70. The van der Waals surface area contributed by atoms with Crippen LogP contribution in [0.3, 0.4) is 0 Å². The first kappa shape index (κ1) is 13.7. The Balaban J connectivity index is 1.94. The standard InChI is InChI=1S/C18H24O2/c19-18(20)17-12-3-1-2-10-16(17)15-11-5-4-9-14(15)13-7-6-8-13/h4-5,9,11,13,16-17H,1-3,6-8,10,12H2,(H,19,20). The highest BCUT2D eigenvalue weighted by molar-refractivity contribution is 5.71. The molecule has 0 bridgehead atoms. The van der Waals surface area contributed by atoms with Gasteiger partial charge in [0.25, 0.3) is 0 Å². The zero-order valence-corrected chi connectivity index (χ0v) is 12.1. The Morgan fingerprint density at radius 2 is 1.60 bits per heavy atom. The molecule has 2 atom stereocenters. The van der Waals surface area contributed by atoms with E-state index in [0.717, 1.165) is 19.3 Å². The number of rotatable bonds is 3. The summed E-state index contributed by atoms with van der Waals surface area (Å²) in [5.41, 5.74) is 2.78. The number of hydrogen-bond acceptors (Lipinski definition) is 1. The lowest BCUT2D eigenvalue weighted by atomic mass is 9.73. The van der Waals surface area contributed by atoms with Crippen molar-refractivity contribution in [3.8, 4) is 0 Å². The topological polar surface area (TPSA) is 37.3 Å². The molecule has 0 heterocycles. The van der Waals surface area contributed by atoms with E-state index in [2.05, 4.69) is 24.3 Å². The van der Waals surface area contributed by atoms with Crippen molar-refractivity contribution in [3.05, 3.63) is 35.4 Å². The minimum absolute atomic E-state index is 0.182. The van der Waals surface area contributed by atoms with Gasteiger partial charge >= 0.3 is 5.97 Å². The number of aliphatic carboxylic acids is 1. The van der Waals surface area contributed by atoms with Gasteiger partial charge in [0.15, 0.2) is 0 Å². The molecule has 0 radical (unpaired) electrons. The second kappa shape index (κ2) is 5.99. The first-order valence-electron chi connectivity index (χ1n) is 8.09. The van der Waals surface area contributed by atoms with E-state index in [4.69, 9.17) is 0 Å². The Morgan fingerprint density at radius 1 is 0.900 bits per heavy atom. The zero-order valence-electron chi connectivity index (χ0n) is 12.1. The second-order valence-corrected chi connectivity index (χ2v) is 6.45. The molecule has 20 heavy (non-hydrogen) atoms. The summed E-state index contributed by atoms with van der Waals surface area (Å²) in [7, 11) is 0. The van der Waals surface area contributed by atoms with Crippen LogP contribution in [0, 0.1) is 5.92 Å². The summed E-state index contributed by atoms with van der Waals surface area (Å²) in [5.74, 6) is 0.134. The summed E-state index contributed by atoms with van der Waals surface area (Å²) in [6.07, 6.45) is 9.20. The van der Waals surface area contributed by atoms with Gasteiger partial charge in [-0.15, -0.1) is 0 Å². The minimum Gasteiger partial charge on any atom is -0.481 e. The van der Waals surface area contributed by atoms with E-state index in [-0.39, 0.29) is 11.8 Å². The number of carboxylic acids is 1. The van der Waals surface area contributed by atoms with Crippen LogP contribution in [-0.4, -0.2) is 11.1 Å². The van der Waals surface area contributed by atoms with Gasteiger partial charge in [-0.2, -0.15) is 0 Å². The van der Waals surface area contributed by atoms with Crippen LogP contribution in [0.15, 0.2) is 24.3 Å². The van der Waals surface area contributed by atoms with Crippen LogP contribution in [0.5, 0.6) is 0 Å². The van der Waals surface area contributed by atoms with Crippen molar-refractivity contribution in [1.29, 1.82) is 0 Å². The van der Waals surface area contributed by atoms with Crippen molar-refractivity contribution in [1.82, 2.24) is 0 Å². The molecule has 0 aliphatic heterocycles. The number of carbonyl (C=O) groups is 1. The van der Waals surface area contributed by atoms with Crippen LogP contribution >= 0.6 is 0 Å². The SMILES string of the molecule is O=C(O)C1CCCCCC1c1ccccc1C1CCC1. The maximum absolute atomic E-state index is 11.7. The fourth-order valence-electron chi connectivity index (χ4n) is 3.92. The van der Waals surface area contributed by atoms with E-state index in [1.807, 2.05) is 0 Å². The maximum atomic E-state index is 11.7. The van der Waals surface area contributed by atoms with Crippen LogP contribution in [0.1, 0.15) is 74.3 Å². The molecule has 0 aromatic heterocycles. The Labute approximate surface area is 121 Å². The Hall–Kier alpha value is -1.31. The molecule has 3 rings (SSSR count). The summed E-state index contributed by atoms with van der Waals surface area (Å²) < 4.78 is 0. The van der Waals surface area contributed by atoms with E-state index in [9.17, 15) is 9.90 Å². The highest BCUT2D eigenvalue weighted by atomic mass is 16.4. The van der Waals surface area contributed by atoms with Crippen molar-refractivity contribution in [2.75, 3.05) is 0 Å². The van der Waals surface area contributed by atoms with Crippen molar-refractivity contribution >= 4 is 5.97 Å². The van der Waals surface area contributed by atoms with Gasteiger partial charge in [0.05, 0.1) is 5.92 Å². The number of benzene rings is 1. The highest BCUT2D eigenvalue weighted by Gasteiger charge is 2.33. The smallest absolute Gasteiger partial charge is 0.307 e. The monoisotopic (exact) mass is 272 g/mol. The van der Waals surface area contributed by atoms with Crippen molar-refractivity contribution in [2.24, 2.45) is 5.92 Å². The van der Waals surface area contributed by atoms with Gasteiger partial charge in [-0.25, -0.2) is 0 Å².